The average molecular weight is 421 g/mol. The highest BCUT2D eigenvalue weighted by Crippen LogP contribution is 2.34. The summed E-state index contributed by atoms with van der Waals surface area (Å²) in [7, 11) is -0.290. The molecule has 1 saturated heterocycles. The van der Waals surface area contributed by atoms with Crippen LogP contribution in [-0.2, 0) is 17.1 Å². The second-order valence-electron chi connectivity index (χ2n) is 7.93. The number of benzene rings is 1. The number of nitrogens with zero attached hydrogens (tertiary/aromatic N) is 4. The van der Waals surface area contributed by atoms with E-state index in [2.05, 4.69) is 5.10 Å². The highest BCUT2D eigenvalue weighted by Gasteiger charge is 2.34. The Labute approximate surface area is 171 Å². The molecule has 4 rings (SSSR count). The van der Waals surface area contributed by atoms with Gasteiger partial charge in [-0.1, -0.05) is 12.8 Å². The SMILES string of the molecule is COc1ccc(S(=O)(=O)N2CCC(c3nn(C)c(=O)n3C3CCCC3)CC2)cc1. The molecule has 158 valence electrons. The molecule has 29 heavy (non-hydrogen) atoms. The third-order valence-corrected chi connectivity index (χ3v) is 8.10. The lowest BCUT2D eigenvalue weighted by Gasteiger charge is -2.31. The number of hydrogen-bond donors (Lipinski definition) is 0. The van der Waals surface area contributed by atoms with Crippen LogP contribution in [0.25, 0.3) is 0 Å². The maximum absolute atomic E-state index is 13.0. The molecule has 1 saturated carbocycles. The number of hydrogen-bond acceptors (Lipinski definition) is 5. The zero-order chi connectivity index (χ0) is 20.6. The Morgan fingerprint density at radius 2 is 1.66 bits per heavy atom. The van der Waals surface area contributed by atoms with E-state index in [1.165, 1.54) is 8.99 Å². The zero-order valence-corrected chi connectivity index (χ0v) is 17.8. The van der Waals surface area contributed by atoms with E-state index in [0.717, 1.165) is 31.5 Å². The molecule has 0 N–H and O–H groups in total. The maximum Gasteiger partial charge on any atom is 0.345 e. The number of ether oxygens (including phenoxy) is 1. The predicted octanol–water partition coefficient (Wildman–Crippen LogP) is 2.27. The van der Waals surface area contributed by atoms with Crippen molar-refractivity contribution in [3.63, 3.8) is 0 Å². The Morgan fingerprint density at radius 1 is 1.03 bits per heavy atom. The molecule has 9 heteroatoms. The van der Waals surface area contributed by atoms with E-state index in [9.17, 15) is 13.2 Å². The van der Waals surface area contributed by atoms with Crippen LogP contribution in [0.1, 0.15) is 56.3 Å². The fraction of sp³-hybridized carbons (Fsp3) is 0.600. The number of aromatic nitrogens is 3. The van der Waals surface area contributed by atoms with Crippen LogP contribution in [0.15, 0.2) is 34.0 Å². The van der Waals surface area contributed by atoms with E-state index < -0.39 is 10.0 Å². The minimum absolute atomic E-state index is 0.0554. The molecule has 0 bridgehead atoms. The summed E-state index contributed by atoms with van der Waals surface area (Å²) in [6.07, 6.45) is 5.65. The monoisotopic (exact) mass is 420 g/mol. The van der Waals surface area contributed by atoms with Crippen molar-refractivity contribution in [2.24, 2.45) is 7.05 Å². The lowest BCUT2D eigenvalue weighted by atomic mass is 9.97. The Hall–Kier alpha value is -2.13. The minimum atomic E-state index is -3.54. The van der Waals surface area contributed by atoms with E-state index in [1.54, 1.807) is 38.4 Å². The van der Waals surface area contributed by atoms with Gasteiger partial charge in [0, 0.05) is 32.1 Å². The molecule has 1 aromatic heterocycles. The highest BCUT2D eigenvalue weighted by atomic mass is 32.2. The Morgan fingerprint density at radius 3 is 2.24 bits per heavy atom. The van der Waals surface area contributed by atoms with E-state index >= 15 is 0 Å². The van der Waals surface area contributed by atoms with Crippen molar-refractivity contribution in [3.05, 3.63) is 40.6 Å². The molecular weight excluding hydrogens is 392 g/mol. The van der Waals surface area contributed by atoms with Crippen molar-refractivity contribution >= 4 is 10.0 Å². The molecule has 1 aromatic carbocycles. The number of sulfonamides is 1. The molecule has 0 unspecified atom stereocenters. The molecule has 2 aromatic rings. The zero-order valence-electron chi connectivity index (χ0n) is 17.0. The first-order valence-electron chi connectivity index (χ1n) is 10.2. The molecule has 2 aliphatic rings. The first-order valence-corrected chi connectivity index (χ1v) is 11.7. The Bertz CT molecular complexity index is 1010. The molecule has 8 nitrogen and oxygen atoms in total. The van der Waals surface area contributed by atoms with Gasteiger partial charge in [-0.05, 0) is 49.9 Å². The van der Waals surface area contributed by atoms with Crippen LogP contribution in [0.4, 0.5) is 0 Å². The quantitative estimate of drug-likeness (QED) is 0.741. The second kappa shape index (κ2) is 7.95. The van der Waals surface area contributed by atoms with Gasteiger partial charge in [-0.15, -0.1) is 0 Å². The van der Waals surface area contributed by atoms with Crippen molar-refractivity contribution in [3.8, 4) is 5.75 Å². The van der Waals surface area contributed by atoms with Crippen LogP contribution >= 0.6 is 0 Å². The van der Waals surface area contributed by atoms with Gasteiger partial charge >= 0.3 is 5.69 Å². The topological polar surface area (TPSA) is 86.4 Å². The summed E-state index contributed by atoms with van der Waals surface area (Å²) >= 11 is 0. The molecule has 2 fully saturated rings. The smallest absolute Gasteiger partial charge is 0.345 e. The summed E-state index contributed by atoms with van der Waals surface area (Å²) in [4.78, 5) is 12.9. The summed E-state index contributed by atoms with van der Waals surface area (Å²) in [5.41, 5.74) is -0.0554. The van der Waals surface area contributed by atoms with Gasteiger partial charge in [0.05, 0.1) is 12.0 Å². The van der Waals surface area contributed by atoms with Gasteiger partial charge in [0.1, 0.15) is 11.6 Å². The summed E-state index contributed by atoms with van der Waals surface area (Å²) in [6.45, 7) is 0.850. The average Bonchev–Trinajstić information content (AvgIpc) is 3.36. The Balaban J connectivity index is 1.51. The van der Waals surface area contributed by atoms with Gasteiger partial charge in [-0.25, -0.2) is 17.9 Å². The van der Waals surface area contributed by atoms with E-state index in [0.29, 0.717) is 31.7 Å². The van der Waals surface area contributed by atoms with Gasteiger partial charge in [0.15, 0.2) is 0 Å². The van der Waals surface area contributed by atoms with Crippen molar-refractivity contribution in [2.45, 2.75) is 55.4 Å². The minimum Gasteiger partial charge on any atom is -0.497 e. The molecule has 2 heterocycles. The van der Waals surface area contributed by atoms with Crippen LogP contribution in [-0.4, -0.2) is 47.3 Å². The van der Waals surface area contributed by atoms with Crippen molar-refractivity contribution < 1.29 is 13.2 Å². The third kappa shape index (κ3) is 3.73. The summed E-state index contributed by atoms with van der Waals surface area (Å²) in [6, 6.07) is 6.71. The van der Waals surface area contributed by atoms with Gasteiger partial charge < -0.3 is 4.74 Å². The van der Waals surface area contributed by atoms with E-state index in [-0.39, 0.29) is 22.5 Å². The molecule has 0 spiro atoms. The number of piperidine rings is 1. The fourth-order valence-corrected chi connectivity index (χ4v) is 6.00. The van der Waals surface area contributed by atoms with Crippen molar-refractivity contribution in [2.75, 3.05) is 20.2 Å². The van der Waals surface area contributed by atoms with Crippen LogP contribution in [0.5, 0.6) is 5.75 Å². The lowest BCUT2D eigenvalue weighted by Crippen LogP contribution is -2.38. The molecule has 0 amide bonds. The van der Waals surface area contributed by atoms with Gasteiger partial charge in [-0.3, -0.25) is 4.57 Å². The maximum atomic E-state index is 13.0. The highest BCUT2D eigenvalue weighted by molar-refractivity contribution is 7.89. The normalized spacial score (nSPS) is 19.7. The van der Waals surface area contributed by atoms with E-state index in [1.807, 2.05) is 4.57 Å². The summed E-state index contributed by atoms with van der Waals surface area (Å²) in [5, 5.41) is 4.53. The molecule has 0 radical (unpaired) electrons. The van der Waals surface area contributed by atoms with E-state index in [4.69, 9.17) is 4.74 Å². The Kier molecular flexibility index (Phi) is 5.52. The second-order valence-corrected chi connectivity index (χ2v) is 9.86. The first-order chi connectivity index (χ1) is 13.9. The van der Waals surface area contributed by atoms with Gasteiger partial charge in [0.2, 0.25) is 10.0 Å². The summed E-state index contributed by atoms with van der Waals surface area (Å²) in [5.74, 6) is 1.56. The van der Waals surface area contributed by atoms with Crippen LogP contribution in [0.3, 0.4) is 0 Å². The van der Waals surface area contributed by atoms with Crippen molar-refractivity contribution in [1.82, 2.24) is 18.7 Å². The number of methoxy groups -OCH3 is 1. The predicted molar refractivity (Wildman–Crippen MR) is 109 cm³/mol. The molecule has 1 aliphatic heterocycles. The molecule has 1 aliphatic carbocycles. The molecular formula is C20H28N4O4S. The van der Waals surface area contributed by atoms with Gasteiger partial charge in [0.25, 0.3) is 0 Å². The number of aryl methyl sites for hydroxylation is 1. The van der Waals surface area contributed by atoms with Crippen LogP contribution in [0, 0.1) is 0 Å². The largest absolute Gasteiger partial charge is 0.497 e. The molecule has 0 atom stereocenters. The van der Waals surface area contributed by atoms with Crippen LogP contribution < -0.4 is 10.4 Å². The third-order valence-electron chi connectivity index (χ3n) is 6.19. The van der Waals surface area contributed by atoms with Gasteiger partial charge in [-0.2, -0.15) is 9.40 Å². The van der Waals surface area contributed by atoms with Crippen LogP contribution in [0.2, 0.25) is 0 Å². The first kappa shape index (κ1) is 20.2. The fourth-order valence-electron chi connectivity index (χ4n) is 4.53. The lowest BCUT2D eigenvalue weighted by molar-refractivity contribution is 0.304. The standard InChI is InChI=1S/C20H28N4O4S/c1-22-20(25)24(16-5-3-4-6-16)19(21-22)15-11-13-23(14-12-15)29(26,27)18-9-7-17(28-2)8-10-18/h7-10,15-16H,3-6,11-14H2,1-2H3. The summed E-state index contributed by atoms with van der Waals surface area (Å²) < 4.78 is 35.9. The number of rotatable bonds is 5. The van der Waals surface area contributed by atoms with Crippen molar-refractivity contribution in [1.29, 1.82) is 0 Å².